The summed E-state index contributed by atoms with van der Waals surface area (Å²) in [4.78, 5) is 4.78. The van der Waals surface area contributed by atoms with E-state index in [1.165, 1.54) is 12.8 Å². The maximum atomic E-state index is 5.99. The second kappa shape index (κ2) is 6.39. The third kappa shape index (κ3) is 3.06. The fourth-order valence-corrected chi connectivity index (χ4v) is 3.15. The summed E-state index contributed by atoms with van der Waals surface area (Å²) in [5.41, 5.74) is 2.10. The van der Waals surface area contributed by atoms with Gasteiger partial charge in [-0.1, -0.05) is 54.6 Å². The molecule has 0 bridgehead atoms. The van der Waals surface area contributed by atoms with Crippen LogP contribution in [0.3, 0.4) is 0 Å². The number of aromatic nitrogens is 1. The first kappa shape index (κ1) is 14.2. The summed E-state index contributed by atoms with van der Waals surface area (Å²) >= 11 is 0. The zero-order valence-corrected chi connectivity index (χ0v) is 13.0. The van der Waals surface area contributed by atoms with Crippen LogP contribution in [0.2, 0.25) is 0 Å². The molecule has 1 N–H and O–H groups in total. The number of nitrogens with one attached hydrogen (secondary N) is 1. The van der Waals surface area contributed by atoms with E-state index >= 15 is 0 Å². The lowest BCUT2D eigenvalue weighted by molar-refractivity contribution is 0.268. The smallest absolute Gasteiger partial charge is 0.214 e. The van der Waals surface area contributed by atoms with Gasteiger partial charge in [0.25, 0.3) is 0 Å². The lowest BCUT2D eigenvalue weighted by atomic mass is 10.0. The Labute approximate surface area is 136 Å². The van der Waals surface area contributed by atoms with Crippen LogP contribution < -0.4 is 10.1 Å². The lowest BCUT2D eigenvalue weighted by Gasteiger charge is -2.14. The summed E-state index contributed by atoms with van der Waals surface area (Å²) in [6.45, 7) is 1.77. The predicted molar refractivity (Wildman–Crippen MR) is 93.7 cm³/mol. The van der Waals surface area contributed by atoms with E-state index in [4.69, 9.17) is 9.72 Å². The Kier molecular flexibility index (Phi) is 3.95. The average molecular weight is 304 g/mol. The largest absolute Gasteiger partial charge is 0.476 e. The molecule has 1 saturated heterocycles. The van der Waals surface area contributed by atoms with E-state index in [0.717, 1.165) is 28.6 Å². The molecule has 1 aromatic heterocycles. The van der Waals surface area contributed by atoms with E-state index in [2.05, 4.69) is 41.7 Å². The number of nitrogens with zero attached hydrogens (tertiary/aromatic N) is 1. The molecule has 3 heteroatoms. The summed E-state index contributed by atoms with van der Waals surface area (Å²) in [7, 11) is 0. The van der Waals surface area contributed by atoms with Gasteiger partial charge in [-0.25, -0.2) is 4.98 Å². The summed E-state index contributed by atoms with van der Waals surface area (Å²) in [6.07, 6.45) is 2.41. The van der Waals surface area contributed by atoms with Crippen LogP contribution in [0.15, 0.2) is 60.7 Å². The van der Waals surface area contributed by atoms with Crippen molar-refractivity contribution in [1.29, 1.82) is 0 Å². The maximum Gasteiger partial charge on any atom is 0.214 e. The number of rotatable bonds is 4. The number of benzene rings is 2. The lowest BCUT2D eigenvalue weighted by Crippen LogP contribution is -2.28. The number of pyridine rings is 1. The third-order valence-corrected chi connectivity index (χ3v) is 4.36. The van der Waals surface area contributed by atoms with Crippen LogP contribution in [0.25, 0.3) is 22.0 Å². The normalized spacial score (nSPS) is 17.5. The molecule has 3 aromatic rings. The molecule has 116 valence electrons. The summed E-state index contributed by atoms with van der Waals surface area (Å²) < 4.78 is 5.99. The SMILES string of the molecule is c1ccc(-c2nc(OCC3CCCN3)cc3ccccc23)cc1. The molecule has 1 atom stereocenters. The second-order valence-corrected chi connectivity index (χ2v) is 6.00. The Morgan fingerprint density at radius 1 is 1.04 bits per heavy atom. The fraction of sp³-hybridized carbons (Fsp3) is 0.250. The van der Waals surface area contributed by atoms with Crippen molar-refractivity contribution in [2.24, 2.45) is 0 Å². The van der Waals surface area contributed by atoms with Crippen LogP contribution in [0.1, 0.15) is 12.8 Å². The molecule has 1 fully saturated rings. The molecule has 4 rings (SSSR count). The van der Waals surface area contributed by atoms with Crippen LogP contribution in [0, 0.1) is 0 Å². The van der Waals surface area contributed by atoms with Gasteiger partial charge in [-0.2, -0.15) is 0 Å². The molecular weight excluding hydrogens is 284 g/mol. The van der Waals surface area contributed by atoms with Crippen LogP contribution >= 0.6 is 0 Å². The topological polar surface area (TPSA) is 34.1 Å². The molecule has 0 saturated carbocycles. The number of hydrogen-bond donors (Lipinski definition) is 1. The van der Waals surface area contributed by atoms with Crippen LogP contribution in [-0.2, 0) is 0 Å². The molecule has 1 unspecified atom stereocenters. The standard InChI is InChI=1S/C20H20N2O/c1-2-7-15(8-3-1)20-18-11-5-4-9-16(18)13-19(22-20)23-14-17-10-6-12-21-17/h1-5,7-9,11,13,17,21H,6,10,12,14H2. The van der Waals surface area contributed by atoms with E-state index in [-0.39, 0.29) is 0 Å². The van der Waals surface area contributed by atoms with Crippen molar-refractivity contribution in [3.8, 4) is 17.1 Å². The number of fused-ring (bicyclic) bond motifs is 1. The van der Waals surface area contributed by atoms with Crippen molar-refractivity contribution in [3.63, 3.8) is 0 Å². The summed E-state index contributed by atoms with van der Waals surface area (Å²) in [5.74, 6) is 0.705. The molecule has 0 spiro atoms. The highest BCUT2D eigenvalue weighted by Gasteiger charge is 2.15. The van der Waals surface area contributed by atoms with Crippen molar-refractivity contribution in [1.82, 2.24) is 10.3 Å². The van der Waals surface area contributed by atoms with Crippen molar-refractivity contribution < 1.29 is 4.74 Å². The molecular formula is C20H20N2O. The zero-order valence-electron chi connectivity index (χ0n) is 13.0. The highest BCUT2D eigenvalue weighted by atomic mass is 16.5. The summed E-state index contributed by atoms with van der Waals surface area (Å²) in [6, 6.07) is 21.1. The van der Waals surface area contributed by atoms with Crippen molar-refractivity contribution >= 4 is 10.8 Å². The van der Waals surface area contributed by atoms with E-state index in [9.17, 15) is 0 Å². The minimum atomic E-state index is 0.448. The fourth-order valence-electron chi connectivity index (χ4n) is 3.15. The first-order chi connectivity index (χ1) is 11.4. The van der Waals surface area contributed by atoms with Gasteiger partial charge >= 0.3 is 0 Å². The average Bonchev–Trinajstić information content (AvgIpc) is 3.13. The van der Waals surface area contributed by atoms with Crippen molar-refractivity contribution in [2.75, 3.05) is 13.2 Å². The molecule has 2 heterocycles. The summed E-state index contributed by atoms with van der Waals surface area (Å²) in [5, 5.41) is 5.78. The van der Waals surface area contributed by atoms with Crippen molar-refractivity contribution in [3.05, 3.63) is 60.7 Å². The van der Waals surface area contributed by atoms with Crippen molar-refractivity contribution in [2.45, 2.75) is 18.9 Å². The first-order valence-corrected chi connectivity index (χ1v) is 8.21. The Morgan fingerprint density at radius 3 is 2.70 bits per heavy atom. The molecule has 3 nitrogen and oxygen atoms in total. The quantitative estimate of drug-likeness (QED) is 0.790. The van der Waals surface area contributed by atoms with Gasteiger partial charge in [0, 0.05) is 23.1 Å². The second-order valence-electron chi connectivity index (χ2n) is 6.00. The predicted octanol–water partition coefficient (Wildman–Crippen LogP) is 4.03. The zero-order chi connectivity index (χ0) is 15.5. The molecule has 1 aliphatic rings. The molecule has 0 radical (unpaired) electrons. The van der Waals surface area contributed by atoms with Gasteiger partial charge in [-0.05, 0) is 24.8 Å². The monoisotopic (exact) mass is 304 g/mol. The number of hydrogen-bond acceptors (Lipinski definition) is 3. The minimum absolute atomic E-state index is 0.448. The van der Waals surface area contributed by atoms with Gasteiger partial charge < -0.3 is 10.1 Å². The minimum Gasteiger partial charge on any atom is -0.476 e. The molecule has 2 aromatic carbocycles. The van der Waals surface area contributed by atoms with Crippen LogP contribution in [0.4, 0.5) is 0 Å². The molecule has 23 heavy (non-hydrogen) atoms. The Bertz CT molecular complexity index is 795. The first-order valence-electron chi connectivity index (χ1n) is 8.21. The number of ether oxygens (including phenoxy) is 1. The molecule has 0 amide bonds. The highest BCUT2D eigenvalue weighted by molar-refractivity contribution is 5.95. The van der Waals surface area contributed by atoms with Crippen LogP contribution in [-0.4, -0.2) is 24.2 Å². The van der Waals surface area contributed by atoms with E-state index in [1.54, 1.807) is 0 Å². The Balaban J connectivity index is 1.71. The maximum absolute atomic E-state index is 5.99. The van der Waals surface area contributed by atoms with E-state index in [0.29, 0.717) is 18.5 Å². The Morgan fingerprint density at radius 2 is 1.87 bits per heavy atom. The Hall–Kier alpha value is -2.39. The van der Waals surface area contributed by atoms with Gasteiger partial charge in [0.2, 0.25) is 5.88 Å². The van der Waals surface area contributed by atoms with E-state index < -0.39 is 0 Å². The van der Waals surface area contributed by atoms with Gasteiger partial charge in [-0.3, -0.25) is 0 Å². The van der Waals surface area contributed by atoms with Gasteiger partial charge in [0.15, 0.2) is 0 Å². The van der Waals surface area contributed by atoms with E-state index in [1.807, 2.05) is 24.3 Å². The van der Waals surface area contributed by atoms with Gasteiger partial charge in [0.1, 0.15) is 6.61 Å². The van der Waals surface area contributed by atoms with Gasteiger partial charge in [0.05, 0.1) is 5.69 Å². The highest BCUT2D eigenvalue weighted by Crippen LogP contribution is 2.29. The third-order valence-electron chi connectivity index (χ3n) is 4.36. The van der Waals surface area contributed by atoms with Gasteiger partial charge in [-0.15, -0.1) is 0 Å². The molecule has 0 aliphatic carbocycles. The molecule has 1 aliphatic heterocycles. The van der Waals surface area contributed by atoms with Crippen LogP contribution in [0.5, 0.6) is 5.88 Å².